The molecule has 2 aromatic rings. The zero-order valence-corrected chi connectivity index (χ0v) is 11.4. The van der Waals surface area contributed by atoms with E-state index >= 15 is 0 Å². The Labute approximate surface area is 112 Å². The monoisotopic (exact) mass is 267 g/mol. The van der Waals surface area contributed by atoms with Crippen molar-refractivity contribution in [2.45, 2.75) is 19.4 Å². The molecular weight excluding hydrogens is 250 g/mol. The summed E-state index contributed by atoms with van der Waals surface area (Å²) in [4.78, 5) is 3.50. The number of aromatic nitrogens is 1. The van der Waals surface area contributed by atoms with Gasteiger partial charge in [0.1, 0.15) is 5.52 Å². The molecule has 5 N–H and O–H groups in total. The standard InChI is InChI=1S/C13H17N3O.ClH/c1-7-12-9(5-6-15-7)8-3-4-10(17-2)11(14)13(8)16-12;/h3-4,7,15-16H,5-6,14H2,1-2H3;1H. The highest BCUT2D eigenvalue weighted by Gasteiger charge is 2.23. The number of H-pyrrole nitrogens is 1. The quantitative estimate of drug-likeness (QED) is 0.575. The van der Waals surface area contributed by atoms with Crippen molar-refractivity contribution in [3.63, 3.8) is 0 Å². The van der Waals surface area contributed by atoms with Gasteiger partial charge < -0.3 is 33.2 Å². The Hall–Kier alpha value is -1.23. The number of rotatable bonds is 1. The van der Waals surface area contributed by atoms with Gasteiger partial charge in [0.2, 0.25) is 0 Å². The highest BCUT2D eigenvalue weighted by atomic mass is 35.5. The molecule has 3 rings (SSSR count). The van der Waals surface area contributed by atoms with Gasteiger partial charge in [0.05, 0.1) is 7.11 Å². The zero-order valence-electron chi connectivity index (χ0n) is 10.6. The summed E-state index contributed by atoms with van der Waals surface area (Å²) in [5.74, 6) is 0.844. The molecule has 0 amide bonds. The zero-order chi connectivity index (χ0) is 12.0. The van der Waals surface area contributed by atoms with E-state index in [4.69, 9.17) is 4.74 Å². The van der Waals surface area contributed by atoms with Crippen LogP contribution < -0.4 is 28.2 Å². The van der Waals surface area contributed by atoms with Crippen LogP contribution >= 0.6 is 0 Å². The fourth-order valence-corrected chi connectivity index (χ4v) is 2.72. The van der Waals surface area contributed by atoms with E-state index in [1.165, 1.54) is 16.6 Å². The lowest BCUT2D eigenvalue weighted by Crippen LogP contribution is -3.00. The first-order valence-corrected chi connectivity index (χ1v) is 5.99. The second kappa shape index (κ2) is 4.80. The van der Waals surface area contributed by atoms with Crippen LogP contribution in [0, 0.1) is 0 Å². The SMILES string of the molecule is COc1ccc2c3c([nH]c2c1[NH3+])C(C)NCC3.[Cl-]. The van der Waals surface area contributed by atoms with E-state index < -0.39 is 0 Å². The summed E-state index contributed by atoms with van der Waals surface area (Å²) in [7, 11) is 1.68. The molecule has 1 aromatic heterocycles. The number of hydrogen-bond donors (Lipinski definition) is 3. The van der Waals surface area contributed by atoms with Crippen LogP contribution in [0.15, 0.2) is 12.1 Å². The lowest BCUT2D eigenvalue weighted by Gasteiger charge is -2.20. The van der Waals surface area contributed by atoms with Gasteiger partial charge in [0.15, 0.2) is 11.4 Å². The Morgan fingerprint density at radius 2 is 2.17 bits per heavy atom. The molecule has 0 bridgehead atoms. The van der Waals surface area contributed by atoms with Crippen molar-refractivity contribution in [2.24, 2.45) is 0 Å². The molecule has 0 saturated carbocycles. The maximum Gasteiger partial charge on any atom is 0.194 e. The van der Waals surface area contributed by atoms with Gasteiger partial charge in [-0.15, -0.1) is 0 Å². The summed E-state index contributed by atoms with van der Waals surface area (Å²) in [5.41, 5.74) is 8.90. The number of quaternary nitrogens is 1. The first kappa shape index (κ1) is 13.2. The van der Waals surface area contributed by atoms with Gasteiger partial charge in [-0.05, 0) is 37.6 Å². The number of fused-ring (bicyclic) bond motifs is 3. The van der Waals surface area contributed by atoms with Crippen molar-refractivity contribution in [1.82, 2.24) is 10.3 Å². The number of benzene rings is 1. The summed E-state index contributed by atoms with van der Waals surface area (Å²) in [6.07, 6.45) is 1.07. The minimum absolute atomic E-state index is 0. The van der Waals surface area contributed by atoms with Crippen molar-refractivity contribution in [3.05, 3.63) is 23.4 Å². The average molecular weight is 268 g/mol. The van der Waals surface area contributed by atoms with Crippen molar-refractivity contribution >= 4 is 16.6 Å². The number of aromatic amines is 1. The Morgan fingerprint density at radius 1 is 1.39 bits per heavy atom. The van der Waals surface area contributed by atoms with Crippen LogP contribution in [0.25, 0.3) is 10.9 Å². The van der Waals surface area contributed by atoms with Gasteiger partial charge in [0, 0.05) is 17.1 Å². The first-order valence-electron chi connectivity index (χ1n) is 5.99. The molecule has 5 heteroatoms. The van der Waals surface area contributed by atoms with E-state index in [1.54, 1.807) is 7.11 Å². The second-order valence-corrected chi connectivity index (χ2v) is 4.61. The molecule has 1 atom stereocenters. The maximum atomic E-state index is 5.31. The maximum absolute atomic E-state index is 5.31. The van der Waals surface area contributed by atoms with Crippen LogP contribution in [0.5, 0.6) is 5.75 Å². The van der Waals surface area contributed by atoms with Crippen LogP contribution in [0.1, 0.15) is 24.2 Å². The number of ether oxygens (including phenoxy) is 1. The second-order valence-electron chi connectivity index (χ2n) is 4.61. The molecule has 0 fully saturated rings. The van der Waals surface area contributed by atoms with E-state index in [-0.39, 0.29) is 12.4 Å². The minimum atomic E-state index is 0. The predicted molar refractivity (Wildman–Crippen MR) is 67.5 cm³/mol. The molecule has 4 nitrogen and oxygen atoms in total. The topological polar surface area (TPSA) is 64.7 Å². The fraction of sp³-hybridized carbons (Fsp3) is 0.385. The van der Waals surface area contributed by atoms with Crippen molar-refractivity contribution < 1.29 is 22.9 Å². The van der Waals surface area contributed by atoms with Crippen LogP contribution in [0.3, 0.4) is 0 Å². The molecule has 1 aliphatic rings. The molecule has 0 spiro atoms. The van der Waals surface area contributed by atoms with E-state index in [9.17, 15) is 0 Å². The number of methoxy groups -OCH3 is 1. The summed E-state index contributed by atoms with van der Waals surface area (Å²) in [6, 6.07) is 4.53. The average Bonchev–Trinajstić information content (AvgIpc) is 2.71. The third-order valence-corrected chi connectivity index (χ3v) is 3.66. The van der Waals surface area contributed by atoms with E-state index in [2.05, 4.69) is 29.0 Å². The Balaban J connectivity index is 0.00000120. The molecule has 0 saturated heterocycles. The Kier molecular flexibility index (Phi) is 3.52. The normalized spacial score (nSPS) is 18.3. The molecule has 0 radical (unpaired) electrons. The van der Waals surface area contributed by atoms with E-state index in [1.807, 2.05) is 6.07 Å². The lowest BCUT2D eigenvalue weighted by atomic mass is 10.00. The van der Waals surface area contributed by atoms with E-state index in [0.717, 1.165) is 29.9 Å². The molecule has 1 aliphatic heterocycles. The summed E-state index contributed by atoms with van der Waals surface area (Å²) in [5, 5.41) is 4.76. The molecule has 1 aromatic carbocycles. The third kappa shape index (κ3) is 1.77. The molecule has 18 heavy (non-hydrogen) atoms. The number of hydrogen-bond acceptors (Lipinski definition) is 2. The van der Waals surface area contributed by atoms with Crippen molar-refractivity contribution in [1.29, 1.82) is 0 Å². The molecule has 0 aliphatic carbocycles. The van der Waals surface area contributed by atoms with Gasteiger partial charge in [-0.3, -0.25) is 0 Å². The molecule has 1 unspecified atom stereocenters. The lowest BCUT2D eigenvalue weighted by molar-refractivity contribution is -0.254. The van der Waals surface area contributed by atoms with Gasteiger partial charge in [-0.1, -0.05) is 0 Å². The number of halogens is 1. The largest absolute Gasteiger partial charge is 1.00 e. The molecule has 2 heterocycles. The Morgan fingerprint density at radius 3 is 2.89 bits per heavy atom. The van der Waals surface area contributed by atoms with Gasteiger partial charge in [-0.25, -0.2) is 0 Å². The van der Waals surface area contributed by atoms with Crippen molar-refractivity contribution in [2.75, 3.05) is 13.7 Å². The van der Waals surface area contributed by atoms with Gasteiger partial charge >= 0.3 is 0 Å². The van der Waals surface area contributed by atoms with Gasteiger partial charge in [-0.2, -0.15) is 0 Å². The smallest absolute Gasteiger partial charge is 0.194 e. The van der Waals surface area contributed by atoms with Crippen LogP contribution in [-0.2, 0) is 6.42 Å². The Bertz CT molecular complexity index is 579. The molecule has 98 valence electrons. The van der Waals surface area contributed by atoms with Gasteiger partial charge in [0.25, 0.3) is 0 Å². The van der Waals surface area contributed by atoms with Crippen LogP contribution in [0.4, 0.5) is 5.69 Å². The van der Waals surface area contributed by atoms with Crippen molar-refractivity contribution in [3.8, 4) is 5.75 Å². The van der Waals surface area contributed by atoms with Crippen LogP contribution in [0.2, 0.25) is 0 Å². The molecular formula is C13H18ClN3O. The first-order chi connectivity index (χ1) is 8.22. The number of nitrogens with one attached hydrogen (secondary N) is 2. The predicted octanol–water partition coefficient (Wildman–Crippen LogP) is -1.74. The summed E-state index contributed by atoms with van der Waals surface area (Å²) >= 11 is 0. The highest BCUT2D eigenvalue weighted by Crippen LogP contribution is 2.35. The highest BCUT2D eigenvalue weighted by molar-refractivity contribution is 5.94. The fourth-order valence-electron chi connectivity index (χ4n) is 2.72. The van der Waals surface area contributed by atoms with Crippen LogP contribution in [-0.4, -0.2) is 18.6 Å². The summed E-state index contributed by atoms with van der Waals surface area (Å²) < 4.78 is 5.31. The third-order valence-electron chi connectivity index (χ3n) is 3.66. The van der Waals surface area contributed by atoms with E-state index in [0.29, 0.717) is 6.04 Å². The minimum Gasteiger partial charge on any atom is -1.00 e. The summed E-state index contributed by atoms with van der Waals surface area (Å²) in [6.45, 7) is 3.23.